The molecule has 0 aliphatic rings. The van der Waals surface area contributed by atoms with E-state index in [9.17, 15) is 4.79 Å². The molecule has 0 aliphatic heterocycles. The second-order valence-corrected chi connectivity index (χ2v) is 2.01. The van der Waals surface area contributed by atoms with Gasteiger partial charge in [0.15, 0.2) is 0 Å². The fraction of sp³-hybridized carbons (Fsp3) is 0.889. The molecule has 0 bridgehead atoms. The van der Waals surface area contributed by atoms with Gasteiger partial charge in [-0.05, 0) is 0 Å². The van der Waals surface area contributed by atoms with Crippen molar-refractivity contribution in [2.75, 3.05) is 39.6 Å². The van der Waals surface area contributed by atoms with Crippen LogP contribution in [-0.4, -0.2) is 56.0 Å². The zero-order chi connectivity index (χ0) is 11.9. The van der Waals surface area contributed by atoms with Crippen LogP contribution in [0.4, 0.5) is 4.79 Å². The Morgan fingerprint density at radius 1 is 0.933 bits per heavy atom. The largest absolute Gasteiger partial charge is 0.508 e. The topological polar surface area (TPSA) is 85.2 Å². The zero-order valence-electron chi connectivity index (χ0n) is 9.27. The van der Waals surface area contributed by atoms with E-state index in [0.29, 0.717) is 0 Å². The number of rotatable bonds is 7. The van der Waals surface area contributed by atoms with Crippen molar-refractivity contribution in [2.45, 2.75) is 13.8 Å². The summed E-state index contributed by atoms with van der Waals surface area (Å²) in [6.45, 7) is 4.15. The molecule has 0 saturated carbocycles. The second kappa shape index (κ2) is 15.6. The highest BCUT2D eigenvalue weighted by atomic mass is 16.7. The van der Waals surface area contributed by atoms with Gasteiger partial charge in [0.1, 0.15) is 13.2 Å². The van der Waals surface area contributed by atoms with Crippen molar-refractivity contribution in [1.82, 2.24) is 0 Å². The van der Waals surface area contributed by atoms with E-state index >= 15 is 0 Å². The predicted octanol–water partition coefficient (Wildman–Crippen LogP) is 0.167. The molecule has 6 nitrogen and oxygen atoms in total. The quantitative estimate of drug-likeness (QED) is 0.473. The summed E-state index contributed by atoms with van der Waals surface area (Å²) in [4.78, 5) is 10.6. The molecule has 0 saturated heterocycles. The van der Waals surface area contributed by atoms with E-state index in [4.69, 9.17) is 14.9 Å². The monoisotopic (exact) mass is 224 g/mol. The first-order valence-corrected chi connectivity index (χ1v) is 4.90. The van der Waals surface area contributed by atoms with Crippen LogP contribution in [0.15, 0.2) is 0 Å². The first kappa shape index (κ1) is 16.6. The third-order valence-electron chi connectivity index (χ3n) is 0.994. The molecule has 6 heteroatoms. The van der Waals surface area contributed by atoms with Crippen LogP contribution < -0.4 is 0 Å². The number of aliphatic hydroxyl groups is 2. The average Bonchev–Trinajstić information content (AvgIpc) is 2.29. The molecule has 0 fully saturated rings. The highest BCUT2D eigenvalue weighted by molar-refractivity contribution is 5.59. The van der Waals surface area contributed by atoms with Crippen molar-refractivity contribution in [2.24, 2.45) is 0 Å². The van der Waals surface area contributed by atoms with Crippen LogP contribution in [0.2, 0.25) is 0 Å². The van der Waals surface area contributed by atoms with Gasteiger partial charge in [-0.1, -0.05) is 13.8 Å². The van der Waals surface area contributed by atoms with Gasteiger partial charge in [0.05, 0.1) is 26.4 Å². The fourth-order valence-electron chi connectivity index (χ4n) is 0.521. The number of hydrogen-bond donors (Lipinski definition) is 2. The smallest absolute Gasteiger partial charge is 0.432 e. The molecule has 0 heterocycles. The highest BCUT2D eigenvalue weighted by Gasteiger charge is 2.01. The van der Waals surface area contributed by atoms with Gasteiger partial charge >= 0.3 is 6.16 Å². The van der Waals surface area contributed by atoms with Gasteiger partial charge in [-0.25, -0.2) is 4.79 Å². The van der Waals surface area contributed by atoms with Crippen molar-refractivity contribution in [3.8, 4) is 0 Å². The first-order valence-electron chi connectivity index (χ1n) is 4.90. The number of carbonyl (C=O) groups is 1. The molecular formula is C9H20O6. The molecule has 0 radical (unpaired) electrons. The third-order valence-corrected chi connectivity index (χ3v) is 0.994. The summed E-state index contributed by atoms with van der Waals surface area (Å²) < 4.78 is 13.7. The third kappa shape index (κ3) is 15.9. The van der Waals surface area contributed by atoms with E-state index in [1.807, 2.05) is 13.8 Å². The van der Waals surface area contributed by atoms with Gasteiger partial charge in [0, 0.05) is 0 Å². The lowest BCUT2D eigenvalue weighted by Gasteiger charge is -2.04. The van der Waals surface area contributed by atoms with Crippen LogP contribution in [0.25, 0.3) is 0 Å². The number of hydrogen-bond acceptors (Lipinski definition) is 6. The van der Waals surface area contributed by atoms with Crippen LogP contribution in [0, 0.1) is 0 Å². The van der Waals surface area contributed by atoms with Gasteiger partial charge in [0.2, 0.25) is 0 Å². The molecule has 15 heavy (non-hydrogen) atoms. The van der Waals surface area contributed by atoms with Crippen molar-refractivity contribution in [1.29, 1.82) is 0 Å². The Hall–Kier alpha value is -0.850. The molecule has 0 atom stereocenters. The predicted molar refractivity (Wildman–Crippen MR) is 53.6 cm³/mol. The van der Waals surface area contributed by atoms with E-state index in [1.54, 1.807) is 0 Å². The molecule has 92 valence electrons. The Morgan fingerprint density at radius 3 is 2.00 bits per heavy atom. The Balaban J connectivity index is 0. The Kier molecular flexibility index (Phi) is 17.3. The van der Waals surface area contributed by atoms with Crippen LogP contribution in [0.1, 0.15) is 13.8 Å². The highest BCUT2D eigenvalue weighted by Crippen LogP contribution is 1.85. The van der Waals surface area contributed by atoms with Crippen molar-refractivity contribution in [3.63, 3.8) is 0 Å². The minimum Gasteiger partial charge on any atom is -0.432 e. The normalized spacial score (nSPS) is 8.80. The molecule has 0 amide bonds. The van der Waals surface area contributed by atoms with Crippen molar-refractivity contribution < 1.29 is 29.2 Å². The molecular weight excluding hydrogens is 204 g/mol. The SMILES string of the molecule is CC.O=C(OCCO)OCCOCCO. The van der Waals surface area contributed by atoms with E-state index in [1.165, 1.54) is 0 Å². The van der Waals surface area contributed by atoms with Crippen molar-refractivity contribution in [3.05, 3.63) is 0 Å². The lowest BCUT2D eigenvalue weighted by atomic mass is 10.7. The maximum atomic E-state index is 10.6. The van der Waals surface area contributed by atoms with Crippen LogP contribution in [0.5, 0.6) is 0 Å². The maximum Gasteiger partial charge on any atom is 0.508 e. The molecule has 0 rings (SSSR count). The Labute approximate surface area is 89.8 Å². The first-order chi connectivity index (χ1) is 7.31. The number of carbonyl (C=O) groups excluding carboxylic acids is 1. The summed E-state index contributed by atoms with van der Waals surface area (Å²) in [5.41, 5.74) is 0. The lowest BCUT2D eigenvalue weighted by molar-refractivity contribution is 0.0147. The average molecular weight is 224 g/mol. The Bertz CT molecular complexity index is 128. The van der Waals surface area contributed by atoms with E-state index in [-0.39, 0.29) is 39.6 Å². The minimum atomic E-state index is -0.832. The summed E-state index contributed by atoms with van der Waals surface area (Å²) in [5.74, 6) is 0. The van der Waals surface area contributed by atoms with Gasteiger partial charge in [-0.2, -0.15) is 0 Å². The van der Waals surface area contributed by atoms with Gasteiger partial charge in [-0.15, -0.1) is 0 Å². The maximum absolute atomic E-state index is 10.6. The summed E-state index contributed by atoms with van der Waals surface area (Å²) in [5, 5.41) is 16.6. The zero-order valence-corrected chi connectivity index (χ0v) is 9.27. The van der Waals surface area contributed by atoms with E-state index in [0.717, 1.165) is 0 Å². The Morgan fingerprint density at radius 2 is 1.47 bits per heavy atom. The number of aliphatic hydroxyl groups excluding tert-OH is 2. The molecule has 0 aromatic heterocycles. The fourth-order valence-corrected chi connectivity index (χ4v) is 0.521. The summed E-state index contributed by atoms with van der Waals surface area (Å²) >= 11 is 0. The molecule has 2 N–H and O–H groups in total. The van der Waals surface area contributed by atoms with Gasteiger partial charge < -0.3 is 24.4 Å². The molecule has 0 aromatic carbocycles. The van der Waals surface area contributed by atoms with Crippen LogP contribution >= 0.6 is 0 Å². The number of ether oxygens (including phenoxy) is 3. The minimum absolute atomic E-state index is 0.0606. The summed E-state index contributed by atoms with van der Waals surface area (Å²) in [6.07, 6.45) is -0.832. The second-order valence-electron chi connectivity index (χ2n) is 2.01. The van der Waals surface area contributed by atoms with E-state index in [2.05, 4.69) is 9.47 Å². The molecule has 0 aliphatic carbocycles. The molecule has 0 spiro atoms. The van der Waals surface area contributed by atoms with Gasteiger partial charge in [-0.3, -0.25) is 0 Å². The van der Waals surface area contributed by atoms with Crippen molar-refractivity contribution >= 4 is 6.16 Å². The summed E-state index contributed by atoms with van der Waals surface area (Å²) in [6, 6.07) is 0. The standard InChI is InChI=1S/C7H14O6.C2H6/c8-1-3-11-5-6-13-7(10)12-4-2-9;1-2/h8-9H,1-6H2;1-2H3. The van der Waals surface area contributed by atoms with Crippen LogP contribution in [0.3, 0.4) is 0 Å². The van der Waals surface area contributed by atoms with E-state index < -0.39 is 6.16 Å². The van der Waals surface area contributed by atoms with Crippen LogP contribution in [-0.2, 0) is 14.2 Å². The molecule has 0 aromatic rings. The molecule has 0 unspecified atom stereocenters. The summed E-state index contributed by atoms with van der Waals surface area (Å²) in [7, 11) is 0. The lowest BCUT2D eigenvalue weighted by Crippen LogP contribution is -2.14. The van der Waals surface area contributed by atoms with Gasteiger partial charge in [0.25, 0.3) is 0 Å².